The Morgan fingerprint density at radius 1 is 1.62 bits per heavy atom. The number of thiol groups is 1. The fourth-order valence-electron chi connectivity index (χ4n) is 0.142. The van der Waals surface area contributed by atoms with Crippen molar-refractivity contribution in [1.82, 2.24) is 4.72 Å². The van der Waals surface area contributed by atoms with Crippen LogP contribution in [0.1, 0.15) is 0 Å². The molecule has 0 aromatic heterocycles. The first-order chi connectivity index (χ1) is 3.63. The minimum atomic E-state index is -2.68. The Morgan fingerprint density at radius 3 is 2.25 bits per heavy atom. The topological polar surface area (TPSA) is 89.3 Å². The normalized spacial score (nSPS) is 9.62. The van der Waals surface area contributed by atoms with E-state index in [2.05, 4.69) is 5.73 Å². The van der Waals surface area contributed by atoms with Crippen molar-refractivity contribution in [3.63, 3.8) is 0 Å². The molecular weight excluding hydrogens is 132 g/mol. The fraction of sp³-hybridized carbons (Fsp3) is 0.500. The average molecular weight is 138 g/mol. The quantitative estimate of drug-likeness (QED) is 0.379. The van der Waals surface area contributed by atoms with Crippen LogP contribution >= 0.6 is 0 Å². The van der Waals surface area contributed by atoms with Gasteiger partial charge < -0.3 is 5.73 Å². The van der Waals surface area contributed by atoms with Crippen molar-refractivity contribution in [2.45, 2.75) is 0 Å². The molecule has 1 amide bonds. The van der Waals surface area contributed by atoms with Crippen LogP contribution in [0, 0.1) is 0 Å². The standard InChI is InChI=1S/C2H6N2O3S/c3-2(5)1-4-8(6)7/h8H,1H2,(H2,3,5)(H,4,6,7). The molecule has 0 bridgehead atoms. The molecule has 0 radical (unpaired) electrons. The molecule has 8 heavy (non-hydrogen) atoms. The van der Waals surface area contributed by atoms with E-state index in [4.69, 9.17) is 0 Å². The van der Waals surface area contributed by atoms with E-state index in [1.54, 1.807) is 0 Å². The lowest BCUT2D eigenvalue weighted by Gasteiger charge is -1.86. The van der Waals surface area contributed by atoms with Gasteiger partial charge in [0, 0.05) is 0 Å². The Kier molecular flexibility index (Phi) is 3.13. The molecule has 0 atom stereocenters. The smallest absolute Gasteiger partial charge is 0.232 e. The molecule has 0 aromatic rings. The molecule has 0 fully saturated rings. The first-order valence-corrected chi connectivity index (χ1v) is 2.97. The largest absolute Gasteiger partial charge is 0.369 e. The summed E-state index contributed by atoms with van der Waals surface area (Å²) in [7, 11) is -2.68. The minimum absolute atomic E-state index is 0.321. The number of amides is 1. The summed E-state index contributed by atoms with van der Waals surface area (Å²) in [5, 5.41) is 0. The van der Waals surface area contributed by atoms with Gasteiger partial charge in [-0.3, -0.25) is 4.79 Å². The highest BCUT2D eigenvalue weighted by atomic mass is 32.2. The molecule has 0 aliphatic heterocycles. The Labute approximate surface area is 47.9 Å². The van der Waals surface area contributed by atoms with E-state index in [-0.39, 0.29) is 6.54 Å². The van der Waals surface area contributed by atoms with Crippen molar-refractivity contribution in [2.75, 3.05) is 6.54 Å². The van der Waals surface area contributed by atoms with Gasteiger partial charge in [-0.25, -0.2) is 13.1 Å². The molecule has 48 valence electrons. The fourth-order valence-corrected chi connectivity index (χ4v) is 0.427. The van der Waals surface area contributed by atoms with E-state index >= 15 is 0 Å². The van der Waals surface area contributed by atoms with Crippen LogP contribution < -0.4 is 10.5 Å². The Hall–Kier alpha value is -0.620. The zero-order valence-electron chi connectivity index (χ0n) is 3.96. The van der Waals surface area contributed by atoms with E-state index in [0.717, 1.165) is 0 Å². The van der Waals surface area contributed by atoms with Gasteiger partial charge in [-0.15, -0.1) is 0 Å². The van der Waals surface area contributed by atoms with E-state index in [1.165, 1.54) is 0 Å². The highest BCUT2D eigenvalue weighted by Gasteiger charge is 1.89. The van der Waals surface area contributed by atoms with Crippen LogP contribution in [-0.2, 0) is 15.7 Å². The molecule has 0 saturated carbocycles. The molecule has 0 rings (SSSR count). The van der Waals surface area contributed by atoms with E-state index in [1.807, 2.05) is 4.72 Å². The molecule has 6 heteroatoms. The maximum atomic E-state index is 9.80. The molecule has 0 aromatic carbocycles. The van der Waals surface area contributed by atoms with Gasteiger partial charge in [0.2, 0.25) is 16.8 Å². The average Bonchev–Trinajstić information content (AvgIpc) is 1.61. The van der Waals surface area contributed by atoms with Gasteiger partial charge in [0.25, 0.3) is 0 Å². The zero-order valence-corrected chi connectivity index (χ0v) is 4.85. The van der Waals surface area contributed by atoms with Gasteiger partial charge in [-0.1, -0.05) is 0 Å². The molecule has 0 heterocycles. The highest BCUT2D eigenvalue weighted by molar-refractivity contribution is 7.70. The number of hydrogen-bond acceptors (Lipinski definition) is 3. The lowest BCUT2D eigenvalue weighted by molar-refractivity contribution is -0.116. The molecule has 0 unspecified atom stereocenters. The second-order valence-corrected chi connectivity index (χ2v) is 1.89. The van der Waals surface area contributed by atoms with E-state index in [9.17, 15) is 13.2 Å². The summed E-state index contributed by atoms with van der Waals surface area (Å²) in [5.41, 5.74) is 4.57. The van der Waals surface area contributed by atoms with Crippen molar-refractivity contribution in [3.8, 4) is 0 Å². The van der Waals surface area contributed by atoms with E-state index in [0.29, 0.717) is 0 Å². The number of carbonyl (C=O) groups excluding carboxylic acids is 1. The van der Waals surface area contributed by atoms with Crippen molar-refractivity contribution >= 4 is 16.8 Å². The number of carbonyl (C=O) groups is 1. The summed E-state index contributed by atoms with van der Waals surface area (Å²) in [4.78, 5) is 9.80. The Balaban J connectivity index is 3.32. The maximum Gasteiger partial charge on any atom is 0.232 e. The predicted octanol–water partition coefficient (Wildman–Crippen LogP) is -2.41. The van der Waals surface area contributed by atoms with Crippen molar-refractivity contribution in [2.24, 2.45) is 5.73 Å². The van der Waals surface area contributed by atoms with E-state index < -0.39 is 16.8 Å². The monoisotopic (exact) mass is 138 g/mol. The third-order valence-corrected chi connectivity index (χ3v) is 0.799. The van der Waals surface area contributed by atoms with Gasteiger partial charge in [-0.2, -0.15) is 0 Å². The molecule has 0 spiro atoms. The Morgan fingerprint density at radius 2 is 2.12 bits per heavy atom. The molecule has 0 aliphatic carbocycles. The summed E-state index contributed by atoms with van der Waals surface area (Å²) in [5.74, 6) is -0.691. The number of rotatable bonds is 3. The number of nitrogens with one attached hydrogen (secondary N) is 1. The number of nitrogens with two attached hydrogens (primary N) is 1. The molecular formula is C2H6N2O3S. The molecule has 0 saturated heterocycles. The molecule has 3 N–H and O–H groups in total. The predicted molar refractivity (Wildman–Crippen MR) is 27.5 cm³/mol. The molecule has 0 aliphatic rings. The zero-order chi connectivity index (χ0) is 6.57. The third kappa shape index (κ3) is 5.38. The van der Waals surface area contributed by atoms with Crippen molar-refractivity contribution < 1.29 is 13.2 Å². The van der Waals surface area contributed by atoms with Crippen LogP contribution in [0.4, 0.5) is 0 Å². The third-order valence-electron chi connectivity index (χ3n) is 0.382. The highest BCUT2D eigenvalue weighted by Crippen LogP contribution is 1.53. The second-order valence-electron chi connectivity index (χ2n) is 1.06. The van der Waals surface area contributed by atoms with Gasteiger partial charge in [-0.05, 0) is 0 Å². The summed E-state index contributed by atoms with van der Waals surface area (Å²) in [6, 6.07) is 0. The summed E-state index contributed by atoms with van der Waals surface area (Å²) in [6.45, 7) is -0.321. The first-order valence-electron chi connectivity index (χ1n) is 1.79. The minimum Gasteiger partial charge on any atom is -0.369 e. The van der Waals surface area contributed by atoms with Gasteiger partial charge in [0.1, 0.15) is 0 Å². The van der Waals surface area contributed by atoms with Gasteiger partial charge in [0.15, 0.2) is 0 Å². The van der Waals surface area contributed by atoms with Gasteiger partial charge >= 0.3 is 0 Å². The lowest BCUT2D eigenvalue weighted by Crippen LogP contribution is -2.27. The SMILES string of the molecule is NC(=O)CN[SH](=O)=O. The maximum absolute atomic E-state index is 9.80. The Bertz CT molecular complexity index is 143. The van der Waals surface area contributed by atoms with Crippen LogP contribution in [0.15, 0.2) is 0 Å². The summed E-state index contributed by atoms with van der Waals surface area (Å²) in [6.07, 6.45) is 0. The van der Waals surface area contributed by atoms with Gasteiger partial charge in [0.05, 0.1) is 6.54 Å². The first kappa shape index (κ1) is 7.38. The van der Waals surface area contributed by atoms with Crippen LogP contribution in [0.2, 0.25) is 0 Å². The van der Waals surface area contributed by atoms with Crippen molar-refractivity contribution in [3.05, 3.63) is 0 Å². The van der Waals surface area contributed by atoms with Crippen LogP contribution in [0.5, 0.6) is 0 Å². The summed E-state index contributed by atoms with van der Waals surface area (Å²) >= 11 is 0. The second kappa shape index (κ2) is 3.39. The summed E-state index contributed by atoms with van der Waals surface area (Å²) < 4.78 is 21.1. The number of hydrogen-bond donors (Lipinski definition) is 3. The van der Waals surface area contributed by atoms with Crippen molar-refractivity contribution in [1.29, 1.82) is 0 Å². The van der Waals surface area contributed by atoms with Crippen LogP contribution in [0.25, 0.3) is 0 Å². The van der Waals surface area contributed by atoms with Crippen LogP contribution in [-0.4, -0.2) is 20.9 Å². The lowest BCUT2D eigenvalue weighted by atomic mass is 10.7. The number of primary amides is 1. The van der Waals surface area contributed by atoms with Crippen LogP contribution in [0.3, 0.4) is 0 Å². The molecule has 5 nitrogen and oxygen atoms in total.